The van der Waals surface area contributed by atoms with Crippen LogP contribution in [0.25, 0.3) is 0 Å². The first-order valence-corrected chi connectivity index (χ1v) is 11.6. The summed E-state index contributed by atoms with van der Waals surface area (Å²) in [5.74, 6) is -0.742. The second-order valence-electron chi connectivity index (χ2n) is 9.45. The molecule has 10 heteroatoms. The number of rotatable bonds is 6. The molecule has 1 aromatic carbocycles. The van der Waals surface area contributed by atoms with Gasteiger partial charge in [-0.25, -0.2) is 13.2 Å². The molecule has 0 bridgehead atoms. The minimum absolute atomic E-state index is 0. The summed E-state index contributed by atoms with van der Waals surface area (Å²) in [5.41, 5.74) is 1.31. The van der Waals surface area contributed by atoms with Gasteiger partial charge in [0.2, 0.25) is 0 Å². The molecular formula is C24H33F3N4O3. The number of nitrogens with one attached hydrogen (secondary N) is 1. The summed E-state index contributed by atoms with van der Waals surface area (Å²) in [5, 5.41) is 6.99. The number of amides is 1. The van der Waals surface area contributed by atoms with Gasteiger partial charge in [-0.2, -0.15) is 5.10 Å². The van der Waals surface area contributed by atoms with Crippen LogP contribution in [-0.2, 0) is 4.74 Å². The maximum Gasteiger partial charge on any atom is 0.253 e. The number of morpholine rings is 1. The van der Waals surface area contributed by atoms with E-state index >= 15 is 0 Å². The fraction of sp³-hybridized carbons (Fsp3) is 0.583. The van der Waals surface area contributed by atoms with E-state index in [1.54, 1.807) is 35.9 Å². The van der Waals surface area contributed by atoms with Crippen molar-refractivity contribution in [2.45, 2.75) is 57.8 Å². The summed E-state index contributed by atoms with van der Waals surface area (Å²) in [6.45, 7) is 6.68. The number of aromatic nitrogens is 2. The van der Waals surface area contributed by atoms with E-state index in [2.05, 4.69) is 10.2 Å². The summed E-state index contributed by atoms with van der Waals surface area (Å²) >= 11 is 0. The third-order valence-corrected chi connectivity index (χ3v) is 6.42. The van der Waals surface area contributed by atoms with Crippen LogP contribution in [0.4, 0.5) is 13.2 Å². The number of nitrogens with zero attached hydrogens (tertiary/aromatic N) is 3. The van der Waals surface area contributed by atoms with Crippen molar-refractivity contribution >= 4 is 5.91 Å². The zero-order chi connectivity index (χ0) is 24.5. The van der Waals surface area contributed by atoms with Crippen LogP contribution in [0.3, 0.4) is 0 Å². The van der Waals surface area contributed by atoms with Gasteiger partial charge in [-0.15, -0.1) is 0 Å². The number of benzene rings is 1. The standard InChI is InChI=1S/C24H31F3N4O3.H2/c1-15(2)33-19-5-4-17(10-18(19)25)23(32)31-8-6-24(7-9-31)14-30(13-21(26)27)12-20(34-24)22-16(3)11-28-29-22;/h4-5,10-11,15,20-21H,6-9,12-14H2,1-3H3,(H,28,29);1H. The molecule has 1 atom stereocenters. The van der Waals surface area contributed by atoms with E-state index in [1.807, 2.05) is 6.92 Å². The highest BCUT2D eigenvalue weighted by molar-refractivity contribution is 5.94. The number of H-pyrrole nitrogens is 1. The van der Waals surface area contributed by atoms with Gasteiger partial charge >= 0.3 is 0 Å². The highest BCUT2D eigenvalue weighted by Gasteiger charge is 2.45. The average Bonchev–Trinajstić information content (AvgIpc) is 3.20. The van der Waals surface area contributed by atoms with Gasteiger partial charge in [0.25, 0.3) is 12.3 Å². The van der Waals surface area contributed by atoms with Crippen LogP contribution in [0.15, 0.2) is 24.4 Å². The van der Waals surface area contributed by atoms with E-state index < -0.39 is 23.9 Å². The molecule has 2 aromatic rings. The van der Waals surface area contributed by atoms with Crippen LogP contribution in [0.1, 0.15) is 55.8 Å². The predicted octanol–water partition coefficient (Wildman–Crippen LogP) is 4.20. The lowest BCUT2D eigenvalue weighted by atomic mass is 9.87. The normalized spacial score (nSPS) is 20.9. The molecule has 4 rings (SSSR count). The summed E-state index contributed by atoms with van der Waals surface area (Å²) in [6, 6.07) is 4.23. The molecule has 188 valence electrons. The monoisotopic (exact) mass is 482 g/mol. The smallest absolute Gasteiger partial charge is 0.253 e. The maximum absolute atomic E-state index is 14.4. The molecule has 2 aliphatic heterocycles. The van der Waals surface area contributed by atoms with Crippen molar-refractivity contribution in [3.8, 4) is 5.75 Å². The molecule has 1 spiro atoms. The second kappa shape index (κ2) is 9.95. The van der Waals surface area contributed by atoms with Gasteiger partial charge in [0.15, 0.2) is 11.6 Å². The van der Waals surface area contributed by atoms with E-state index in [0.29, 0.717) is 39.0 Å². The first-order chi connectivity index (χ1) is 16.2. The number of hydrogen-bond donors (Lipinski definition) is 1. The van der Waals surface area contributed by atoms with Crippen LogP contribution in [0, 0.1) is 12.7 Å². The number of aryl methyl sites for hydroxylation is 1. The predicted molar refractivity (Wildman–Crippen MR) is 122 cm³/mol. The zero-order valence-corrected chi connectivity index (χ0v) is 19.7. The molecule has 34 heavy (non-hydrogen) atoms. The summed E-state index contributed by atoms with van der Waals surface area (Å²) < 4.78 is 52.7. The number of ether oxygens (including phenoxy) is 2. The van der Waals surface area contributed by atoms with Crippen LogP contribution >= 0.6 is 0 Å². The summed E-state index contributed by atoms with van der Waals surface area (Å²) in [7, 11) is 0. The molecule has 2 aliphatic rings. The topological polar surface area (TPSA) is 70.7 Å². The fourth-order valence-electron chi connectivity index (χ4n) is 4.81. The Kier molecular flexibility index (Phi) is 7.18. The highest BCUT2D eigenvalue weighted by atomic mass is 19.3. The van der Waals surface area contributed by atoms with Crippen molar-refractivity contribution in [1.82, 2.24) is 20.0 Å². The van der Waals surface area contributed by atoms with Gasteiger partial charge in [0, 0.05) is 33.2 Å². The number of halogens is 3. The number of carbonyl (C=O) groups excluding carboxylic acids is 1. The Labute approximate surface area is 198 Å². The lowest BCUT2D eigenvalue weighted by Gasteiger charge is -2.50. The number of alkyl halides is 2. The van der Waals surface area contributed by atoms with Gasteiger partial charge in [0.05, 0.1) is 30.1 Å². The zero-order valence-electron chi connectivity index (χ0n) is 19.7. The Balaban J connectivity index is 0.00000342. The largest absolute Gasteiger partial charge is 0.488 e. The Morgan fingerprint density at radius 3 is 2.68 bits per heavy atom. The van der Waals surface area contributed by atoms with Crippen molar-refractivity contribution in [1.29, 1.82) is 0 Å². The van der Waals surface area contributed by atoms with E-state index in [4.69, 9.17) is 9.47 Å². The molecule has 7 nitrogen and oxygen atoms in total. The third-order valence-electron chi connectivity index (χ3n) is 6.42. The van der Waals surface area contributed by atoms with E-state index in [1.165, 1.54) is 12.1 Å². The molecule has 1 unspecified atom stereocenters. The highest BCUT2D eigenvalue weighted by Crippen LogP contribution is 2.38. The van der Waals surface area contributed by atoms with Gasteiger partial charge in [-0.05, 0) is 57.4 Å². The third kappa shape index (κ3) is 5.38. The SMILES string of the molecule is Cc1cn[nH]c1C1CN(CC(F)F)CC2(CCN(C(=O)c3ccc(OC(C)C)c(F)c3)CC2)O1.[HH]. The molecule has 2 saturated heterocycles. The first kappa shape index (κ1) is 24.5. The minimum atomic E-state index is -2.45. The molecule has 1 N–H and O–H groups in total. The number of aromatic amines is 1. The summed E-state index contributed by atoms with van der Waals surface area (Å²) in [4.78, 5) is 16.4. The van der Waals surface area contributed by atoms with Crippen molar-refractivity contribution in [2.75, 3.05) is 32.7 Å². The van der Waals surface area contributed by atoms with Crippen molar-refractivity contribution < 1.29 is 28.9 Å². The van der Waals surface area contributed by atoms with Crippen LogP contribution in [0.5, 0.6) is 5.75 Å². The molecule has 0 saturated carbocycles. The van der Waals surface area contributed by atoms with Crippen LogP contribution < -0.4 is 4.74 Å². The van der Waals surface area contributed by atoms with E-state index in [9.17, 15) is 18.0 Å². The summed E-state index contributed by atoms with van der Waals surface area (Å²) in [6.07, 6.45) is -0.338. The quantitative estimate of drug-likeness (QED) is 0.668. The molecular weight excluding hydrogens is 449 g/mol. The number of hydrogen-bond acceptors (Lipinski definition) is 5. The molecule has 0 radical (unpaired) electrons. The Hall–Kier alpha value is -2.59. The second-order valence-corrected chi connectivity index (χ2v) is 9.45. The number of likely N-dealkylation sites (tertiary alicyclic amines) is 1. The number of carbonyl (C=O) groups is 1. The van der Waals surface area contributed by atoms with Crippen LogP contribution in [0.2, 0.25) is 0 Å². The van der Waals surface area contributed by atoms with Crippen molar-refractivity contribution in [3.05, 3.63) is 47.0 Å². The lowest BCUT2D eigenvalue weighted by molar-refractivity contribution is -0.181. The molecule has 0 aliphatic carbocycles. The van der Waals surface area contributed by atoms with Gasteiger partial charge in [0.1, 0.15) is 6.10 Å². The number of piperidine rings is 1. The average molecular weight is 483 g/mol. The van der Waals surface area contributed by atoms with Gasteiger partial charge < -0.3 is 14.4 Å². The molecule has 1 aromatic heterocycles. The van der Waals surface area contributed by atoms with E-state index in [-0.39, 0.29) is 31.3 Å². The van der Waals surface area contributed by atoms with E-state index in [0.717, 1.165) is 11.3 Å². The molecule has 1 amide bonds. The Morgan fingerprint density at radius 2 is 2.09 bits per heavy atom. The lowest BCUT2D eigenvalue weighted by Crippen LogP contribution is -2.58. The Morgan fingerprint density at radius 1 is 1.35 bits per heavy atom. The van der Waals surface area contributed by atoms with Gasteiger partial charge in [-0.3, -0.25) is 14.8 Å². The van der Waals surface area contributed by atoms with Crippen LogP contribution in [-0.4, -0.2) is 76.8 Å². The maximum atomic E-state index is 14.4. The van der Waals surface area contributed by atoms with Crippen molar-refractivity contribution in [3.63, 3.8) is 0 Å². The van der Waals surface area contributed by atoms with Crippen molar-refractivity contribution in [2.24, 2.45) is 0 Å². The minimum Gasteiger partial charge on any atom is -0.488 e. The Bertz CT molecular complexity index is 1010. The van der Waals surface area contributed by atoms with Gasteiger partial charge in [-0.1, -0.05) is 0 Å². The first-order valence-electron chi connectivity index (χ1n) is 11.6. The molecule has 3 heterocycles. The molecule has 2 fully saturated rings. The fourth-order valence-corrected chi connectivity index (χ4v) is 4.81.